The zero-order valence-electron chi connectivity index (χ0n) is 14.2. The molecule has 0 aliphatic heterocycles. The van der Waals surface area contributed by atoms with Crippen LogP contribution in [0.5, 0.6) is 0 Å². The third-order valence-electron chi connectivity index (χ3n) is 4.00. The van der Waals surface area contributed by atoms with Gasteiger partial charge in [-0.05, 0) is 49.6 Å². The molecule has 0 saturated carbocycles. The van der Waals surface area contributed by atoms with Crippen LogP contribution in [-0.4, -0.2) is 27.7 Å². The summed E-state index contributed by atoms with van der Waals surface area (Å²) in [5, 5.41) is 4.39. The molecule has 0 bridgehead atoms. The number of fused-ring (bicyclic) bond motifs is 1. The maximum atomic E-state index is 4.55. The first-order valence-corrected chi connectivity index (χ1v) is 8.40. The number of hydrogen-bond acceptors (Lipinski definition) is 3. The van der Waals surface area contributed by atoms with Crippen molar-refractivity contribution in [1.82, 2.24) is 14.6 Å². The monoisotopic (exact) mass is 308 g/mol. The van der Waals surface area contributed by atoms with Gasteiger partial charge in [0.1, 0.15) is 5.82 Å². The fourth-order valence-corrected chi connectivity index (χ4v) is 3.00. The Kier molecular flexibility index (Phi) is 4.60. The second-order valence-corrected chi connectivity index (χ2v) is 5.88. The van der Waals surface area contributed by atoms with E-state index in [1.165, 1.54) is 24.1 Å². The zero-order valence-corrected chi connectivity index (χ0v) is 14.2. The molecule has 0 fully saturated rings. The van der Waals surface area contributed by atoms with Crippen LogP contribution in [0, 0.1) is 6.92 Å². The molecular formula is C19H24N4. The van der Waals surface area contributed by atoms with E-state index in [-0.39, 0.29) is 0 Å². The van der Waals surface area contributed by atoms with Crippen molar-refractivity contribution in [2.24, 2.45) is 0 Å². The Morgan fingerprint density at radius 3 is 2.35 bits per heavy atom. The fourth-order valence-electron chi connectivity index (χ4n) is 3.00. The molecule has 2 heterocycles. The van der Waals surface area contributed by atoms with Crippen molar-refractivity contribution in [3.05, 3.63) is 48.4 Å². The zero-order chi connectivity index (χ0) is 16.2. The summed E-state index contributed by atoms with van der Waals surface area (Å²) in [5.74, 6) is 0.797. The predicted octanol–water partition coefficient (Wildman–Crippen LogP) is 4.33. The predicted molar refractivity (Wildman–Crippen MR) is 96.0 cm³/mol. The average Bonchev–Trinajstić information content (AvgIpc) is 2.95. The standard InChI is InChI=1S/C19H24N4/c1-4-12-22(13-5-2)17-10-8-16(9-11-17)18-7-6-14-23-19(18)20-15(3)21-23/h6-11,14H,4-5,12-13H2,1-3H3. The third-order valence-corrected chi connectivity index (χ3v) is 4.00. The lowest BCUT2D eigenvalue weighted by Gasteiger charge is -2.24. The quantitative estimate of drug-likeness (QED) is 0.679. The summed E-state index contributed by atoms with van der Waals surface area (Å²) >= 11 is 0. The van der Waals surface area contributed by atoms with Gasteiger partial charge < -0.3 is 4.90 Å². The van der Waals surface area contributed by atoms with Crippen molar-refractivity contribution in [3.63, 3.8) is 0 Å². The Bertz CT molecular complexity index is 768. The molecule has 0 amide bonds. The molecule has 23 heavy (non-hydrogen) atoms. The number of rotatable bonds is 6. The van der Waals surface area contributed by atoms with Gasteiger partial charge in [0, 0.05) is 30.5 Å². The first kappa shape index (κ1) is 15.5. The number of anilines is 1. The van der Waals surface area contributed by atoms with Crippen LogP contribution in [0.15, 0.2) is 42.6 Å². The number of nitrogens with zero attached hydrogens (tertiary/aromatic N) is 4. The molecule has 1 aromatic carbocycles. The van der Waals surface area contributed by atoms with Crippen molar-refractivity contribution in [1.29, 1.82) is 0 Å². The van der Waals surface area contributed by atoms with Crippen LogP contribution in [0.3, 0.4) is 0 Å². The third kappa shape index (κ3) is 3.21. The smallest absolute Gasteiger partial charge is 0.163 e. The van der Waals surface area contributed by atoms with Gasteiger partial charge in [-0.1, -0.05) is 26.0 Å². The highest BCUT2D eigenvalue weighted by Gasteiger charge is 2.09. The molecule has 4 heteroatoms. The molecule has 4 nitrogen and oxygen atoms in total. The van der Waals surface area contributed by atoms with E-state index >= 15 is 0 Å². The minimum Gasteiger partial charge on any atom is -0.372 e. The highest BCUT2D eigenvalue weighted by Crippen LogP contribution is 2.26. The second-order valence-electron chi connectivity index (χ2n) is 5.88. The molecule has 0 spiro atoms. The number of aryl methyl sites for hydroxylation is 1. The Morgan fingerprint density at radius 2 is 1.70 bits per heavy atom. The summed E-state index contributed by atoms with van der Waals surface area (Å²) in [6.45, 7) is 8.59. The van der Waals surface area contributed by atoms with Gasteiger partial charge in [0.25, 0.3) is 0 Å². The van der Waals surface area contributed by atoms with Gasteiger partial charge in [0.15, 0.2) is 5.65 Å². The lowest BCUT2D eigenvalue weighted by atomic mass is 10.1. The van der Waals surface area contributed by atoms with E-state index in [1.54, 1.807) is 0 Å². The molecule has 0 radical (unpaired) electrons. The maximum Gasteiger partial charge on any atom is 0.163 e. The molecular weight excluding hydrogens is 284 g/mol. The van der Waals surface area contributed by atoms with Gasteiger partial charge in [-0.2, -0.15) is 5.10 Å². The SMILES string of the molecule is CCCN(CCC)c1ccc(-c2cccn3nc(C)nc23)cc1. The van der Waals surface area contributed by atoms with Crippen molar-refractivity contribution >= 4 is 11.3 Å². The summed E-state index contributed by atoms with van der Waals surface area (Å²) in [6.07, 6.45) is 4.28. The average molecular weight is 308 g/mol. The topological polar surface area (TPSA) is 33.4 Å². The van der Waals surface area contributed by atoms with Crippen molar-refractivity contribution < 1.29 is 0 Å². The number of benzene rings is 1. The van der Waals surface area contributed by atoms with Gasteiger partial charge in [0.05, 0.1) is 0 Å². The summed E-state index contributed by atoms with van der Waals surface area (Å²) in [7, 11) is 0. The number of hydrogen-bond donors (Lipinski definition) is 0. The number of pyridine rings is 1. The Morgan fingerprint density at radius 1 is 1.00 bits per heavy atom. The van der Waals surface area contributed by atoms with Crippen molar-refractivity contribution in [2.45, 2.75) is 33.6 Å². The van der Waals surface area contributed by atoms with Gasteiger partial charge in [0.2, 0.25) is 0 Å². The van der Waals surface area contributed by atoms with Crippen LogP contribution < -0.4 is 4.90 Å². The van der Waals surface area contributed by atoms with Crippen LogP contribution in [-0.2, 0) is 0 Å². The molecule has 0 aliphatic rings. The van der Waals surface area contributed by atoms with Crippen LogP contribution >= 0.6 is 0 Å². The van der Waals surface area contributed by atoms with E-state index in [0.29, 0.717) is 0 Å². The van der Waals surface area contributed by atoms with E-state index in [9.17, 15) is 0 Å². The Balaban J connectivity index is 1.94. The highest BCUT2D eigenvalue weighted by atomic mass is 15.3. The largest absolute Gasteiger partial charge is 0.372 e. The van der Waals surface area contributed by atoms with Crippen molar-refractivity contribution in [3.8, 4) is 11.1 Å². The summed E-state index contributed by atoms with van der Waals surface area (Å²) < 4.78 is 1.85. The molecule has 0 unspecified atom stereocenters. The van der Waals surface area contributed by atoms with Crippen molar-refractivity contribution in [2.75, 3.05) is 18.0 Å². The molecule has 0 aliphatic carbocycles. The van der Waals surface area contributed by atoms with Crippen LogP contribution in [0.2, 0.25) is 0 Å². The van der Waals surface area contributed by atoms with Gasteiger partial charge >= 0.3 is 0 Å². The molecule has 2 aromatic heterocycles. The first-order valence-electron chi connectivity index (χ1n) is 8.40. The fraction of sp³-hybridized carbons (Fsp3) is 0.368. The first-order chi connectivity index (χ1) is 11.2. The van der Waals surface area contributed by atoms with Crippen LogP contribution in [0.25, 0.3) is 16.8 Å². The lowest BCUT2D eigenvalue weighted by molar-refractivity contribution is 0.745. The summed E-state index contributed by atoms with van der Waals surface area (Å²) in [4.78, 5) is 7.00. The van der Waals surface area contributed by atoms with Crippen LogP contribution in [0.4, 0.5) is 5.69 Å². The van der Waals surface area contributed by atoms with E-state index in [4.69, 9.17) is 0 Å². The van der Waals surface area contributed by atoms with Gasteiger partial charge in [-0.15, -0.1) is 0 Å². The van der Waals surface area contributed by atoms with E-state index in [1.807, 2.05) is 23.7 Å². The van der Waals surface area contributed by atoms with E-state index < -0.39 is 0 Å². The summed E-state index contributed by atoms with van der Waals surface area (Å²) in [6, 6.07) is 12.9. The highest BCUT2D eigenvalue weighted by molar-refractivity contribution is 5.78. The Hall–Kier alpha value is -2.36. The minimum absolute atomic E-state index is 0.797. The normalized spacial score (nSPS) is 11.1. The molecule has 0 N–H and O–H groups in total. The molecule has 0 saturated heterocycles. The molecule has 3 aromatic rings. The molecule has 0 atom stereocenters. The molecule has 120 valence electrons. The van der Waals surface area contributed by atoms with E-state index in [0.717, 1.165) is 30.1 Å². The lowest BCUT2D eigenvalue weighted by Crippen LogP contribution is -2.24. The maximum absolute atomic E-state index is 4.55. The summed E-state index contributed by atoms with van der Waals surface area (Å²) in [5.41, 5.74) is 4.51. The van der Waals surface area contributed by atoms with E-state index in [2.05, 4.69) is 59.2 Å². The molecule has 3 rings (SSSR count). The minimum atomic E-state index is 0.797. The van der Waals surface area contributed by atoms with Gasteiger partial charge in [-0.25, -0.2) is 9.50 Å². The second kappa shape index (κ2) is 6.82. The van der Waals surface area contributed by atoms with Gasteiger partial charge in [-0.3, -0.25) is 0 Å². The number of aromatic nitrogens is 3. The Labute approximate surface area is 137 Å². The van der Waals surface area contributed by atoms with Crippen LogP contribution in [0.1, 0.15) is 32.5 Å².